The lowest BCUT2D eigenvalue weighted by Gasteiger charge is -2.32. The second-order valence-electron chi connectivity index (χ2n) is 6.35. The van der Waals surface area contributed by atoms with Gasteiger partial charge in [0, 0.05) is 51.4 Å². The van der Waals surface area contributed by atoms with Gasteiger partial charge < -0.3 is 15.0 Å². The van der Waals surface area contributed by atoms with E-state index in [1.807, 2.05) is 0 Å². The van der Waals surface area contributed by atoms with E-state index in [1.54, 1.807) is 11.8 Å². The molecule has 24 heavy (non-hydrogen) atoms. The Bertz CT molecular complexity index is 593. The SMILES string of the molecule is CC(Oc1ccc(F)c(F)c1)C(=O)N1CCC(N2CCNCC2)C1. The van der Waals surface area contributed by atoms with Crippen molar-refractivity contribution in [3.8, 4) is 5.75 Å². The smallest absolute Gasteiger partial charge is 0.263 e. The van der Waals surface area contributed by atoms with Gasteiger partial charge in [0.15, 0.2) is 17.7 Å². The van der Waals surface area contributed by atoms with Gasteiger partial charge in [0.05, 0.1) is 0 Å². The van der Waals surface area contributed by atoms with E-state index < -0.39 is 17.7 Å². The number of carbonyl (C=O) groups excluding carboxylic acids is 1. The lowest BCUT2D eigenvalue weighted by Crippen LogP contribution is -2.50. The fourth-order valence-electron chi connectivity index (χ4n) is 3.35. The molecule has 0 saturated carbocycles. The molecule has 2 fully saturated rings. The first-order valence-electron chi connectivity index (χ1n) is 8.40. The molecule has 7 heteroatoms. The van der Waals surface area contributed by atoms with E-state index in [2.05, 4.69) is 10.2 Å². The molecule has 0 spiro atoms. The van der Waals surface area contributed by atoms with E-state index in [-0.39, 0.29) is 11.7 Å². The molecule has 0 aliphatic carbocycles. The van der Waals surface area contributed by atoms with E-state index >= 15 is 0 Å². The normalized spacial score (nSPS) is 23.3. The zero-order chi connectivity index (χ0) is 17.1. The molecule has 2 aliphatic heterocycles. The highest BCUT2D eigenvalue weighted by atomic mass is 19.2. The van der Waals surface area contributed by atoms with Crippen LogP contribution >= 0.6 is 0 Å². The Morgan fingerprint density at radius 1 is 1.25 bits per heavy atom. The average molecular weight is 339 g/mol. The van der Waals surface area contributed by atoms with Crippen molar-refractivity contribution in [3.63, 3.8) is 0 Å². The number of halogens is 2. The van der Waals surface area contributed by atoms with Crippen molar-refractivity contribution in [1.29, 1.82) is 0 Å². The van der Waals surface area contributed by atoms with Gasteiger partial charge in [0.25, 0.3) is 5.91 Å². The Labute approximate surface area is 140 Å². The third kappa shape index (κ3) is 3.84. The summed E-state index contributed by atoms with van der Waals surface area (Å²) in [5.74, 6) is -1.86. The number of benzene rings is 1. The molecule has 1 amide bonds. The Morgan fingerprint density at radius 3 is 2.71 bits per heavy atom. The van der Waals surface area contributed by atoms with Crippen LogP contribution in [-0.4, -0.2) is 67.1 Å². The number of likely N-dealkylation sites (tertiary alicyclic amines) is 1. The quantitative estimate of drug-likeness (QED) is 0.896. The van der Waals surface area contributed by atoms with Crippen molar-refractivity contribution in [1.82, 2.24) is 15.1 Å². The summed E-state index contributed by atoms with van der Waals surface area (Å²) in [5.41, 5.74) is 0. The van der Waals surface area contributed by atoms with E-state index in [4.69, 9.17) is 4.74 Å². The van der Waals surface area contributed by atoms with E-state index in [0.717, 1.165) is 44.7 Å². The first-order valence-corrected chi connectivity index (χ1v) is 8.40. The molecule has 1 aromatic rings. The molecule has 0 bridgehead atoms. The molecule has 0 aromatic heterocycles. The van der Waals surface area contributed by atoms with Crippen LogP contribution in [0, 0.1) is 11.6 Å². The number of hydrogen-bond donors (Lipinski definition) is 1. The maximum absolute atomic E-state index is 13.2. The van der Waals surface area contributed by atoms with Gasteiger partial charge in [-0.05, 0) is 25.5 Å². The van der Waals surface area contributed by atoms with E-state index in [1.165, 1.54) is 6.07 Å². The van der Waals surface area contributed by atoms with Crippen LogP contribution in [0.5, 0.6) is 5.75 Å². The molecular weight excluding hydrogens is 316 g/mol. The van der Waals surface area contributed by atoms with Crippen molar-refractivity contribution in [2.24, 2.45) is 0 Å². The summed E-state index contributed by atoms with van der Waals surface area (Å²) < 4.78 is 31.7. The van der Waals surface area contributed by atoms with Crippen LogP contribution in [0.1, 0.15) is 13.3 Å². The number of nitrogens with one attached hydrogen (secondary N) is 1. The number of ether oxygens (including phenoxy) is 1. The predicted octanol–water partition coefficient (Wildman–Crippen LogP) is 1.24. The van der Waals surface area contributed by atoms with Gasteiger partial charge in [-0.1, -0.05) is 0 Å². The number of carbonyl (C=O) groups is 1. The first-order chi connectivity index (χ1) is 11.5. The topological polar surface area (TPSA) is 44.8 Å². The highest BCUT2D eigenvalue weighted by Gasteiger charge is 2.33. The molecule has 2 aliphatic rings. The summed E-state index contributed by atoms with van der Waals surface area (Å²) >= 11 is 0. The Kier molecular flexibility index (Phi) is 5.30. The van der Waals surface area contributed by atoms with Crippen molar-refractivity contribution < 1.29 is 18.3 Å². The Morgan fingerprint density at radius 2 is 2.00 bits per heavy atom. The molecule has 3 rings (SSSR count). The summed E-state index contributed by atoms with van der Waals surface area (Å²) in [6, 6.07) is 3.69. The van der Waals surface area contributed by atoms with Crippen LogP contribution < -0.4 is 10.1 Å². The second kappa shape index (κ2) is 7.44. The number of rotatable bonds is 4. The molecule has 5 nitrogen and oxygen atoms in total. The molecule has 2 unspecified atom stereocenters. The zero-order valence-electron chi connectivity index (χ0n) is 13.8. The standard InChI is InChI=1S/C17H23F2N3O2/c1-12(24-14-2-3-15(18)16(19)10-14)17(23)22-7-4-13(11-22)21-8-5-20-6-9-21/h2-3,10,12-13,20H,4-9,11H2,1H3. The lowest BCUT2D eigenvalue weighted by molar-refractivity contribution is -0.137. The summed E-state index contributed by atoms with van der Waals surface area (Å²) in [7, 11) is 0. The van der Waals surface area contributed by atoms with Crippen LogP contribution in [0.15, 0.2) is 18.2 Å². The minimum atomic E-state index is -0.980. The summed E-state index contributed by atoms with van der Waals surface area (Å²) in [6.45, 7) is 7.03. The minimum Gasteiger partial charge on any atom is -0.481 e. The van der Waals surface area contributed by atoms with Gasteiger partial charge in [-0.2, -0.15) is 0 Å². The molecule has 0 radical (unpaired) electrons. The fraction of sp³-hybridized carbons (Fsp3) is 0.588. The van der Waals surface area contributed by atoms with Gasteiger partial charge in [-0.25, -0.2) is 8.78 Å². The highest BCUT2D eigenvalue weighted by molar-refractivity contribution is 5.81. The van der Waals surface area contributed by atoms with Gasteiger partial charge in [0.2, 0.25) is 0 Å². The van der Waals surface area contributed by atoms with Gasteiger partial charge in [0.1, 0.15) is 5.75 Å². The highest BCUT2D eigenvalue weighted by Crippen LogP contribution is 2.20. The van der Waals surface area contributed by atoms with E-state index in [9.17, 15) is 13.6 Å². The van der Waals surface area contributed by atoms with Crippen LogP contribution in [0.4, 0.5) is 8.78 Å². The van der Waals surface area contributed by atoms with Crippen LogP contribution in [0.2, 0.25) is 0 Å². The molecule has 2 atom stereocenters. The van der Waals surface area contributed by atoms with Gasteiger partial charge >= 0.3 is 0 Å². The largest absolute Gasteiger partial charge is 0.481 e. The third-order valence-corrected chi connectivity index (χ3v) is 4.69. The van der Waals surface area contributed by atoms with Crippen molar-refractivity contribution in [2.75, 3.05) is 39.3 Å². The van der Waals surface area contributed by atoms with Crippen molar-refractivity contribution >= 4 is 5.91 Å². The first kappa shape index (κ1) is 17.1. The molecule has 2 heterocycles. The minimum absolute atomic E-state index is 0.114. The fourth-order valence-corrected chi connectivity index (χ4v) is 3.35. The summed E-state index contributed by atoms with van der Waals surface area (Å²) in [4.78, 5) is 16.8. The summed E-state index contributed by atoms with van der Waals surface area (Å²) in [6.07, 6.45) is 0.237. The number of amides is 1. The van der Waals surface area contributed by atoms with Crippen LogP contribution in [0.25, 0.3) is 0 Å². The van der Waals surface area contributed by atoms with Crippen LogP contribution in [0.3, 0.4) is 0 Å². The second-order valence-corrected chi connectivity index (χ2v) is 6.35. The zero-order valence-corrected chi connectivity index (χ0v) is 13.8. The molecular formula is C17H23F2N3O2. The summed E-state index contributed by atoms with van der Waals surface area (Å²) in [5, 5.41) is 3.33. The molecule has 1 N–H and O–H groups in total. The monoisotopic (exact) mass is 339 g/mol. The number of piperazine rings is 1. The van der Waals surface area contributed by atoms with Crippen molar-refractivity contribution in [2.45, 2.75) is 25.5 Å². The van der Waals surface area contributed by atoms with E-state index in [0.29, 0.717) is 19.1 Å². The lowest BCUT2D eigenvalue weighted by atomic mass is 10.2. The maximum atomic E-state index is 13.2. The van der Waals surface area contributed by atoms with Crippen molar-refractivity contribution in [3.05, 3.63) is 29.8 Å². The predicted molar refractivity (Wildman–Crippen MR) is 85.9 cm³/mol. The number of hydrogen-bond acceptors (Lipinski definition) is 4. The molecule has 1 aromatic carbocycles. The van der Waals surface area contributed by atoms with Crippen LogP contribution in [-0.2, 0) is 4.79 Å². The average Bonchev–Trinajstić information content (AvgIpc) is 3.08. The maximum Gasteiger partial charge on any atom is 0.263 e. The molecule has 2 saturated heterocycles. The molecule has 132 valence electrons. The van der Waals surface area contributed by atoms with Gasteiger partial charge in [-0.15, -0.1) is 0 Å². The van der Waals surface area contributed by atoms with Gasteiger partial charge in [-0.3, -0.25) is 9.69 Å². The Balaban J connectivity index is 1.54. The Hall–Kier alpha value is -1.73. The third-order valence-electron chi connectivity index (χ3n) is 4.69. The number of nitrogens with zero attached hydrogens (tertiary/aromatic N) is 2.